The first-order valence-electron chi connectivity index (χ1n) is 14.5. The van der Waals surface area contributed by atoms with E-state index in [0.717, 1.165) is 38.2 Å². The van der Waals surface area contributed by atoms with Gasteiger partial charge >= 0.3 is 5.97 Å². The zero-order valence-electron chi connectivity index (χ0n) is 24.4. The number of carbonyl (C=O) groups is 2. The minimum Gasteiger partial charge on any atom is -0.476 e. The number of anilines is 2. The fourth-order valence-electron chi connectivity index (χ4n) is 5.71. The van der Waals surface area contributed by atoms with E-state index in [9.17, 15) is 14.7 Å². The fraction of sp³-hybridized carbons (Fsp3) is 0.111. The third-order valence-electron chi connectivity index (χ3n) is 7.91. The van der Waals surface area contributed by atoms with Crippen LogP contribution in [0.25, 0.3) is 21.3 Å². The van der Waals surface area contributed by atoms with Gasteiger partial charge in [-0.3, -0.25) is 10.1 Å². The van der Waals surface area contributed by atoms with Crippen LogP contribution in [0.5, 0.6) is 11.5 Å². The van der Waals surface area contributed by atoms with Crippen LogP contribution < -0.4 is 15.0 Å². The summed E-state index contributed by atoms with van der Waals surface area (Å²) in [4.78, 5) is 37.1. The highest BCUT2D eigenvalue weighted by Gasteiger charge is 2.25. The first-order chi connectivity index (χ1) is 21.9. The summed E-state index contributed by atoms with van der Waals surface area (Å²) >= 11 is 1.43. The van der Waals surface area contributed by atoms with E-state index in [-0.39, 0.29) is 11.6 Å². The molecule has 222 valence electrons. The van der Waals surface area contributed by atoms with Crippen molar-refractivity contribution >= 4 is 44.4 Å². The second-order valence-electron chi connectivity index (χ2n) is 10.8. The third kappa shape index (κ3) is 5.73. The topological polar surface area (TPSA) is 105 Å². The molecule has 1 aliphatic heterocycles. The van der Waals surface area contributed by atoms with Gasteiger partial charge in [-0.25, -0.2) is 14.8 Å². The summed E-state index contributed by atoms with van der Waals surface area (Å²) in [6.45, 7) is 3.00. The summed E-state index contributed by atoms with van der Waals surface area (Å²) in [6, 6.07) is 32.3. The molecule has 9 heteroatoms. The predicted octanol–water partition coefficient (Wildman–Crippen LogP) is 7.97. The Kier molecular flexibility index (Phi) is 7.44. The summed E-state index contributed by atoms with van der Waals surface area (Å²) in [5.41, 5.74) is 5.54. The van der Waals surface area contributed by atoms with Gasteiger partial charge in [-0.05, 0) is 90.2 Å². The fourth-order valence-corrected chi connectivity index (χ4v) is 6.57. The number of ether oxygens (including phenoxy) is 1. The Balaban J connectivity index is 1.14. The van der Waals surface area contributed by atoms with Crippen molar-refractivity contribution in [3.05, 3.63) is 131 Å². The number of para-hydroxylation sites is 2. The average molecular weight is 613 g/mol. The van der Waals surface area contributed by atoms with Gasteiger partial charge in [0.2, 0.25) is 0 Å². The van der Waals surface area contributed by atoms with Crippen molar-refractivity contribution in [1.82, 2.24) is 9.97 Å². The average Bonchev–Trinajstić information content (AvgIpc) is 3.47. The van der Waals surface area contributed by atoms with E-state index in [2.05, 4.69) is 15.3 Å². The molecule has 45 heavy (non-hydrogen) atoms. The van der Waals surface area contributed by atoms with Gasteiger partial charge in [0, 0.05) is 24.2 Å². The van der Waals surface area contributed by atoms with E-state index in [1.165, 1.54) is 11.3 Å². The van der Waals surface area contributed by atoms with E-state index in [4.69, 9.17) is 4.74 Å². The number of fused-ring (bicyclic) bond motifs is 2. The molecule has 1 amide bonds. The molecule has 6 aromatic rings. The Labute approximate surface area is 263 Å². The number of benzene rings is 4. The number of aromatic nitrogens is 2. The van der Waals surface area contributed by atoms with Crippen LogP contribution in [0.3, 0.4) is 0 Å². The van der Waals surface area contributed by atoms with Crippen molar-refractivity contribution in [1.29, 1.82) is 0 Å². The molecular weight excluding hydrogens is 584 g/mol. The molecule has 2 aromatic heterocycles. The molecule has 0 aliphatic carbocycles. The van der Waals surface area contributed by atoms with E-state index in [1.54, 1.807) is 0 Å². The molecule has 0 radical (unpaired) electrons. The van der Waals surface area contributed by atoms with Crippen LogP contribution in [0.4, 0.5) is 10.9 Å². The zero-order valence-corrected chi connectivity index (χ0v) is 25.2. The SMILES string of the molecule is Cc1cc(Oc2ccccc2)ccc1-c1ccc(N2CCc3cccc(C(=O)Nc4nc5ccccc5s4)c3C2)nc1C(=O)O. The maximum absolute atomic E-state index is 13.4. The zero-order chi connectivity index (χ0) is 30.9. The highest BCUT2D eigenvalue weighted by Crippen LogP contribution is 2.34. The van der Waals surface area contributed by atoms with Gasteiger partial charge in [-0.1, -0.05) is 59.9 Å². The van der Waals surface area contributed by atoms with Gasteiger partial charge in [0.15, 0.2) is 10.8 Å². The number of amides is 1. The molecule has 1 aliphatic rings. The van der Waals surface area contributed by atoms with Crippen LogP contribution in [0, 0.1) is 6.92 Å². The number of aryl methyl sites for hydroxylation is 1. The third-order valence-corrected chi connectivity index (χ3v) is 8.86. The molecule has 8 nitrogen and oxygen atoms in total. The van der Waals surface area contributed by atoms with Crippen molar-refractivity contribution in [3.8, 4) is 22.6 Å². The Morgan fingerprint density at radius 2 is 1.67 bits per heavy atom. The number of carboxylic acid groups (broad SMARTS) is 1. The molecule has 0 fully saturated rings. The quantitative estimate of drug-likeness (QED) is 0.188. The predicted molar refractivity (Wildman–Crippen MR) is 177 cm³/mol. The summed E-state index contributed by atoms with van der Waals surface area (Å²) in [5.74, 6) is 0.604. The van der Waals surface area contributed by atoms with Crippen molar-refractivity contribution < 1.29 is 19.4 Å². The molecule has 7 rings (SSSR count). The number of nitrogens with one attached hydrogen (secondary N) is 1. The van der Waals surface area contributed by atoms with Crippen molar-refractivity contribution in [2.24, 2.45) is 0 Å². The highest BCUT2D eigenvalue weighted by atomic mass is 32.1. The van der Waals surface area contributed by atoms with Crippen molar-refractivity contribution in [2.45, 2.75) is 19.9 Å². The standard InChI is InChI=1S/C36H28N4O4S/c1-22-20-25(44-24-9-3-2-4-10-24)14-15-26(22)27-16-17-32(38-33(27)35(42)43)40-19-18-23-8-7-11-28(29(23)21-40)34(41)39-36-37-30-12-5-6-13-31(30)45-36/h2-17,20H,18-19,21H2,1H3,(H,42,43)(H,37,39,41). The van der Waals surface area contributed by atoms with Gasteiger partial charge < -0.3 is 14.7 Å². The number of thiazole rings is 1. The molecule has 0 unspecified atom stereocenters. The smallest absolute Gasteiger partial charge is 0.355 e. The minimum absolute atomic E-state index is 0.0278. The Bertz CT molecular complexity index is 2040. The number of nitrogens with zero attached hydrogens (tertiary/aromatic N) is 3. The monoisotopic (exact) mass is 612 g/mol. The van der Waals surface area contributed by atoms with Crippen LogP contribution in [-0.4, -0.2) is 33.5 Å². The van der Waals surface area contributed by atoms with Crippen LogP contribution in [0.2, 0.25) is 0 Å². The van der Waals surface area contributed by atoms with Crippen molar-refractivity contribution in [2.75, 3.05) is 16.8 Å². The lowest BCUT2D eigenvalue weighted by atomic mass is 9.94. The minimum atomic E-state index is -1.11. The first kappa shape index (κ1) is 28.2. The lowest BCUT2D eigenvalue weighted by molar-refractivity contribution is 0.0691. The van der Waals surface area contributed by atoms with Crippen LogP contribution >= 0.6 is 11.3 Å². The van der Waals surface area contributed by atoms with Gasteiger partial charge in [-0.2, -0.15) is 0 Å². The molecule has 0 saturated carbocycles. The molecular formula is C36H28N4O4S. The second kappa shape index (κ2) is 11.9. The number of pyridine rings is 1. The van der Waals surface area contributed by atoms with Gasteiger partial charge in [0.1, 0.15) is 17.3 Å². The van der Waals surface area contributed by atoms with Gasteiger partial charge in [-0.15, -0.1) is 0 Å². The van der Waals surface area contributed by atoms with Crippen molar-refractivity contribution in [3.63, 3.8) is 0 Å². The van der Waals surface area contributed by atoms with E-state index >= 15 is 0 Å². The summed E-state index contributed by atoms with van der Waals surface area (Å²) in [6.07, 6.45) is 0.700. The molecule has 4 aromatic carbocycles. The summed E-state index contributed by atoms with van der Waals surface area (Å²) in [5, 5.41) is 13.7. The maximum Gasteiger partial charge on any atom is 0.355 e. The molecule has 0 spiro atoms. The molecule has 0 atom stereocenters. The Morgan fingerprint density at radius 1 is 0.867 bits per heavy atom. The molecule has 0 bridgehead atoms. The number of carboxylic acids is 1. The molecule has 0 saturated heterocycles. The highest BCUT2D eigenvalue weighted by molar-refractivity contribution is 7.22. The van der Waals surface area contributed by atoms with E-state index in [1.807, 2.05) is 115 Å². The van der Waals surface area contributed by atoms with Crippen LogP contribution in [0.1, 0.15) is 37.5 Å². The Morgan fingerprint density at radius 3 is 2.47 bits per heavy atom. The number of rotatable bonds is 7. The lowest BCUT2D eigenvalue weighted by Crippen LogP contribution is -2.33. The van der Waals surface area contributed by atoms with Gasteiger partial charge in [0.05, 0.1) is 10.2 Å². The molecule has 2 N–H and O–H groups in total. The molecule has 3 heterocycles. The Hall–Kier alpha value is -5.54. The van der Waals surface area contributed by atoms with Crippen LogP contribution in [0.15, 0.2) is 103 Å². The largest absolute Gasteiger partial charge is 0.476 e. The second-order valence-corrected chi connectivity index (χ2v) is 11.8. The summed E-state index contributed by atoms with van der Waals surface area (Å²) < 4.78 is 6.96. The normalized spacial score (nSPS) is 12.5. The van der Waals surface area contributed by atoms with Gasteiger partial charge in [0.25, 0.3) is 5.91 Å². The number of hydrogen-bond donors (Lipinski definition) is 2. The number of hydrogen-bond acceptors (Lipinski definition) is 7. The number of aromatic carboxylic acids is 1. The van der Waals surface area contributed by atoms with Crippen LogP contribution in [-0.2, 0) is 13.0 Å². The first-order valence-corrected chi connectivity index (χ1v) is 15.4. The maximum atomic E-state index is 13.4. The summed E-state index contributed by atoms with van der Waals surface area (Å²) in [7, 11) is 0. The lowest BCUT2D eigenvalue weighted by Gasteiger charge is -2.31. The number of carbonyl (C=O) groups excluding carboxylic acids is 1. The van der Waals surface area contributed by atoms with E-state index in [0.29, 0.717) is 47.3 Å². The van der Waals surface area contributed by atoms with E-state index < -0.39 is 5.97 Å².